The Bertz CT molecular complexity index is 1550. The van der Waals surface area contributed by atoms with Gasteiger partial charge in [-0.25, -0.2) is 12.8 Å². The van der Waals surface area contributed by atoms with Gasteiger partial charge in [0.05, 0.1) is 17.0 Å². The van der Waals surface area contributed by atoms with E-state index in [0.717, 1.165) is 27.7 Å². The van der Waals surface area contributed by atoms with Crippen molar-refractivity contribution in [2.75, 3.05) is 11.5 Å². The van der Waals surface area contributed by atoms with Crippen molar-refractivity contribution in [3.05, 3.63) is 89.9 Å². The molecular formula is C28H25FN2O3S. The Morgan fingerprint density at radius 3 is 2.49 bits per heavy atom. The maximum absolute atomic E-state index is 13.6. The molecule has 2 heterocycles. The van der Waals surface area contributed by atoms with Crippen LogP contribution in [0.1, 0.15) is 41.1 Å². The standard InChI is InChI=1S/C28H25FN2O3S/c29-22-7-9-24(10-8-22)31-16-26(20-3-1-2-19(14-20)18-4-5-18)25-11-6-21(15-27(25)31)28(32)30-23-12-13-35(33,34)17-23/h1-3,6-11,14-16,18,23H,4-5,12-13,17H2,(H,30,32)/t23-/m0/s1. The number of fused-ring (bicyclic) bond motifs is 1. The van der Waals surface area contributed by atoms with Gasteiger partial charge in [0.1, 0.15) is 5.82 Å². The summed E-state index contributed by atoms with van der Waals surface area (Å²) in [6.45, 7) is 0. The molecule has 5 nitrogen and oxygen atoms in total. The van der Waals surface area contributed by atoms with Gasteiger partial charge in [-0.1, -0.05) is 30.3 Å². The minimum Gasteiger partial charge on any atom is -0.348 e. The van der Waals surface area contributed by atoms with Crippen molar-refractivity contribution in [2.24, 2.45) is 0 Å². The number of halogens is 1. The predicted octanol–water partition coefficient (Wildman–Crippen LogP) is 5.23. The molecule has 0 spiro atoms. The van der Waals surface area contributed by atoms with Crippen LogP contribution in [-0.4, -0.2) is 36.4 Å². The number of nitrogens with one attached hydrogen (secondary N) is 1. The van der Waals surface area contributed by atoms with Gasteiger partial charge < -0.3 is 9.88 Å². The highest BCUT2D eigenvalue weighted by Crippen LogP contribution is 2.42. The van der Waals surface area contributed by atoms with Crippen molar-refractivity contribution in [3.63, 3.8) is 0 Å². The normalized spacial score (nSPS) is 19.2. The molecule has 0 unspecified atom stereocenters. The van der Waals surface area contributed by atoms with Crippen LogP contribution < -0.4 is 5.32 Å². The summed E-state index contributed by atoms with van der Waals surface area (Å²) in [6, 6.07) is 20.0. The second kappa shape index (κ2) is 8.34. The van der Waals surface area contributed by atoms with Crippen LogP contribution in [-0.2, 0) is 9.84 Å². The molecule has 0 bridgehead atoms. The van der Waals surface area contributed by atoms with Crippen LogP contribution >= 0.6 is 0 Å². The van der Waals surface area contributed by atoms with E-state index in [0.29, 0.717) is 17.9 Å². The quantitative estimate of drug-likeness (QED) is 0.418. The molecule has 178 valence electrons. The van der Waals surface area contributed by atoms with Crippen LogP contribution in [0.5, 0.6) is 0 Å². The molecule has 7 heteroatoms. The Hall–Kier alpha value is -3.45. The summed E-state index contributed by atoms with van der Waals surface area (Å²) >= 11 is 0. The van der Waals surface area contributed by atoms with E-state index >= 15 is 0 Å². The van der Waals surface area contributed by atoms with Crippen LogP contribution in [0.15, 0.2) is 72.9 Å². The highest BCUT2D eigenvalue weighted by Gasteiger charge is 2.29. The molecule has 1 saturated carbocycles. The minimum absolute atomic E-state index is 0.0194. The Morgan fingerprint density at radius 1 is 0.971 bits per heavy atom. The fourth-order valence-corrected chi connectivity index (χ4v) is 6.64. The number of sulfone groups is 1. The van der Waals surface area contributed by atoms with E-state index in [9.17, 15) is 17.6 Å². The van der Waals surface area contributed by atoms with Crippen molar-refractivity contribution in [2.45, 2.75) is 31.2 Å². The van der Waals surface area contributed by atoms with Crippen molar-refractivity contribution < 1.29 is 17.6 Å². The van der Waals surface area contributed by atoms with Crippen LogP contribution in [0.4, 0.5) is 4.39 Å². The lowest BCUT2D eigenvalue weighted by molar-refractivity contribution is 0.0941. The third kappa shape index (κ3) is 4.36. The lowest BCUT2D eigenvalue weighted by Gasteiger charge is -2.12. The smallest absolute Gasteiger partial charge is 0.251 e. The number of hydrogen-bond donors (Lipinski definition) is 1. The molecule has 0 radical (unpaired) electrons. The number of nitrogens with zero attached hydrogens (tertiary/aromatic N) is 1. The van der Waals surface area contributed by atoms with Gasteiger partial charge in [-0.15, -0.1) is 0 Å². The van der Waals surface area contributed by atoms with Crippen molar-refractivity contribution in [1.29, 1.82) is 0 Å². The van der Waals surface area contributed by atoms with Crippen LogP contribution in [0.3, 0.4) is 0 Å². The van der Waals surface area contributed by atoms with E-state index in [1.54, 1.807) is 18.2 Å². The van der Waals surface area contributed by atoms with E-state index in [1.807, 2.05) is 22.9 Å². The number of carbonyl (C=O) groups is 1. The molecule has 6 rings (SSSR count). The van der Waals surface area contributed by atoms with Gasteiger partial charge in [0.25, 0.3) is 5.91 Å². The summed E-state index contributed by atoms with van der Waals surface area (Å²) in [5.74, 6) is 0.115. The Labute approximate surface area is 203 Å². The first-order valence-electron chi connectivity index (χ1n) is 11.9. The monoisotopic (exact) mass is 488 g/mol. The molecule has 1 atom stereocenters. The molecule has 4 aromatic rings. The molecule has 1 aromatic heterocycles. The Balaban J connectivity index is 1.43. The summed E-state index contributed by atoms with van der Waals surface area (Å²) in [7, 11) is -3.09. The molecule has 1 N–H and O–H groups in total. The number of aromatic nitrogens is 1. The van der Waals surface area contributed by atoms with Gasteiger partial charge in [0, 0.05) is 34.4 Å². The van der Waals surface area contributed by atoms with Crippen LogP contribution in [0, 0.1) is 5.82 Å². The summed E-state index contributed by atoms with van der Waals surface area (Å²) in [4.78, 5) is 13.0. The van der Waals surface area contributed by atoms with E-state index < -0.39 is 9.84 Å². The molecule has 1 aliphatic heterocycles. The van der Waals surface area contributed by atoms with Crippen molar-refractivity contribution in [3.8, 4) is 16.8 Å². The summed E-state index contributed by atoms with van der Waals surface area (Å²) in [6.07, 6.45) is 4.92. The lowest BCUT2D eigenvalue weighted by atomic mass is 10.00. The van der Waals surface area contributed by atoms with E-state index in [1.165, 1.54) is 30.5 Å². The predicted molar refractivity (Wildman–Crippen MR) is 135 cm³/mol. The number of rotatable bonds is 5. The SMILES string of the molecule is O=C(N[C@H]1CCS(=O)(=O)C1)c1ccc2c(-c3cccc(C4CC4)c3)cn(-c3ccc(F)cc3)c2c1. The zero-order chi connectivity index (χ0) is 24.2. The number of hydrogen-bond acceptors (Lipinski definition) is 3. The fourth-order valence-electron chi connectivity index (χ4n) is 4.97. The first kappa shape index (κ1) is 22.0. The third-order valence-corrected chi connectivity index (χ3v) is 8.75. The molecule has 1 amide bonds. The molecule has 1 aliphatic carbocycles. The summed E-state index contributed by atoms with van der Waals surface area (Å²) in [5, 5.41) is 3.86. The zero-order valence-electron chi connectivity index (χ0n) is 19.1. The first-order chi connectivity index (χ1) is 16.9. The molecular weight excluding hydrogens is 463 g/mol. The lowest BCUT2D eigenvalue weighted by Crippen LogP contribution is -2.35. The topological polar surface area (TPSA) is 68.2 Å². The van der Waals surface area contributed by atoms with E-state index in [4.69, 9.17) is 0 Å². The van der Waals surface area contributed by atoms with Gasteiger partial charge in [0.2, 0.25) is 0 Å². The van der Waals surface area contributed by atoms with Crippen LogP contribution in [0.25, 0.3) is 27.7 Å². The molecule has 2 fully saturated rings. The fraction of sp³-hybridized carbons (Fsp3) is 0.250. The zero-order valence-corrected chi connectivity index (χ0v) is 19.9. The average Bonchev–Trinajstić information content (AvgIpc) is 3.55. The average molecular weight is 489 g/mol. The van der Waals surface area contributed by atoms with Crippen molar-refractivity contribution in [1.82, 2.24) is 9.88 Å². The third-order valence-electron chi connectivity index (χ3n) is 6.99. The minimum atomic E-state index is -3.09. The summed E-state index contributed by atoms with van der Waals surface area (Å²) < 4.78 is 39.2. The van der Waals surface area contributed by atoms with Gasteiger partial charge in [-0.2, -0.15) is 0 Å². The molecule has 35 heavy (non-hydrogen) atoms. The maximum atomic E-state index is 13.6. The Morgan fingerprint density at radius 2 is 1.77 bits per heavy atom. The second-order valence-corrected chi connectivity index (χ2v) is 11.8. The maximum Gasteiger partial charge on any atom is 0.251 e. The number of benzene rings is 3. The van der Waals surface area contributed by atoms with Gasteiger partial charge in [-0.05, 0) is 72.7 Å². The number of carbonyl (C=O) groups excluding carboxylic acids is 1. The molecule has 2 aliphatic rings. The molecule has 3 aromatic carbocycles. The largest absolute Gasteiger partial charge is 0.348 e. The van der Waals surface area contributed by atoms with Gasteiger partial charge in [-0.3, -0.25) is 4.79 Å². The molecule has 1 saturated heterocycles. The van der Waals surface area contributed by atoms with Gasteiger partial charge >= 0.3 is 0 Å². The van der Waals surface area contributed by atoms with E-state index in [-0.39, 0.29) is 29.3 Å². The summed E-state index contributed by atoms with van der Waals surface area (Å²) in [5.41, 5.74) is 5.57. The highest BCUT2D eigenvalue weighted by atomic mass is 32.2. The van der Waals surface area contributed by atoms with Crippen molar-refractivity contribution >= 4 is 26.6 Å². The highest BCUT2D eigenvalue weighted by molar-refractivity contribution is 7.91. The van der Waals surface area contributed by atoms with E-state index in [2.05, 4.69) is 29.6 Å². The Kier molecular flexibility index (Phi) is 5.25. The number of amides is 1. The van der Waals surface area contributed by atoms with Crippen LogP contribution in [0.2, 0.25) is 0 Å². The first-order valence-corrected chi connectivity index (χ1v) is 13.7. The second-order valence-electron chi connectivity index (χ2n) is 9.59. The van der Waals surface area contributed by atoms with Gasteiger partial charge in [0.15, 0.2) is 9.84 Å².